The van der Waals surface area contributed by atoms with E-state index in [1.165, 1.54) is 11.1 Å². The molecule has 0 radical (unpaired) electrons. The number of benzene rings is 1. The van der Waals surface area contributed by atoms with E-state index >= 15 is 0 Å². The highest BCUT2D eigenvalue weighted by molar-refractivity contribution is 5.79. The third-order valence-corrected chi connectivity index (χ3v) is 4.04. The smallest absolute Gasteiger partial charge is 0.223 e. The summed E-state index contributed by atoms with van der Waals surface area (Å²) in [5, 5.41) is 12.4. The monoisotopic (exact) mass is 275 g/mol. The fourth-order valence-corrected chi connectivity index (χ4v) is 2.99. The molecule has 1 aromatic rings. The fourth-order valence-electron chi connectivity index (χ4n) is 2.99. The SMILES string of the molecule is CC(C)CC(CO)NC(=O)C1CCc2ccccc2C1. The number of carbonyl (C=O) groups is 1. The van der Waals surface area contributed by atoms with Gasteiger partial charge in [0.15, 0.2) is 0 Å². The van der Waals surface area contributed by atoms with E-state index in [4.69, 9.17) is 0 Å². The van der Waals surface area contributed by atoms with E-state index in [0.717, 1.165) is 25.7 Å². The first-order valence-corrected chi connectivity index (χ1v) is 7.58. The molecule has 0 aliphatic heterocycles. The molecule has 2 rings (SSSR count). The summed E-state index contributed by atoms with van der Waals surface area (Å²) in [4.78, 5) is 12.3. The minimum atomic E-state index is -0.111. The average Bonchev–Trinajstić information content (AvgIpc) is 2.45. The zero-order chi connectivity index (χ0) is 14.5. The number of aliphatic hydroxyl groups excluding tert-OH is 1. The van der Waals surface area contributed by atoms with Crippen LogP contribution in [0.25, 0.3) is 0 Å². The van der Waals surface area contributed by atoms with Crippen molar-refractivity contribution in [3.63, 3.8) is 0 Å². The molecule has 0 spiro atoms. The first kappa shape index (κ1) is 15.0. The number of amides is 1. The standard InChI is InChI=1S/C17H25NO2/c1-12(2)9-16(11-19)18-17(20)15-8-7-13-5-3-4-6-14(13)10-15/h3-6,12,15-16,19H,7-11H2,1-2H3,(H,18,20). The van der Waals surface area contributed by atoms with Crippen molar-refractivity contribution in [2.24, 2.45) is 11.8 Å². The number of hydrogen-bond donors (Lipinski definition) is 2. The third-order valence-electron chi connectivity index (χ3n) is 4.04. The van der Waals surface area contributed by atoms with Crippen LogP contribution in [-0.2, 0) is 17.6 Å². The Bertz CT molecular complexity index is 456. The van der Waals surface area contributed by atoms with Crippen LogP contribution >= 0.6 is 0 Å². The summed E-state index contributed by atoms with van der Waals surface area (Å²) in [6.45, 7) is 4.23. The van der Waals surface area contributed by atoms with Gasteiger partial charge in [0, 0.05) is 5.92 Å². The Labute approximate surface area is 121 Å². The van der Waals surface area contributed by atoms with Crippen molar-refractivity contribution in [1.82, 2.24) is 5.32 Å². The van der Waals surface area contributed by atoms with Gasteiger partial charge in [-0.15, -0.1) is 0 Å². The highest BCUT2D eigenvalue weighted by atomic mass is 16.3. The molecular weight excluding hydrogens is 250 g/mol. The zero-order valence-electron chi connectivity index (χ0n) is 12.4. The van der Waals surface area contributed by atoms with Crippen LogP contribution < -0.4 is 5.32 Å². The van der Waals surface area contributed by atoms with Gasteiger partial charge in [-0.05, 0) is 42.7 Å². The number of rotatable bonds is 5. The average molecular weight is 275 g/mol. The second-order valence-electron chi connectivity index (χ2n) is 6.23. The topological polar surface area (TPSA) is 49.3 Å². The van der Waals surface area contributed by atoms with Crippen LogP contribution in [0.1, 0.15) is 37.8 Å². The summed E-state index contributed by atoms with van der Waals surface area (Å²) in [7, 11) is 0. The van der Waals surface area contributed by atoms with E-state index in [1.807, 2.05) is 6.07 Å². The van der Waals surface area contributed by atoms with E-state index in [1.54, 1.807) is 0 Å². The van der Waals surface area contributed by atoms with Crippen molar-refractivity contribution in [3.05, 3.63) is 35.4 Å². The fraction of sp³-hybridized carbons (Fsp3) is 0.588. The van der Waals surface area contributed by atoms with E-state index in [0.29, 0.717) is 5.92 Å². The first-order chi connectivity index (χ1) is 9.60. The predicted octanol–water partition coefficient (Wildman–Crippen LogP) is 2.31. The molecule has 1 aliphatic carbocycles. The van der Waals surface area contributed by atoms with Crippen LogP contribution in [-0.4, -0.2) is 23.7 Å². The van der Waals surface area contributed by atoms with E-state index < -0.39 is 0 Å². The lowest BCUT2D eigenvalue weighted by atomic mass is 9.83. The van der Waals surface area contributed by atoms with Gasteiger partial charge in [0.1, 0.15) is 0 Å². The molecule has 1 amide bonds. The van der Waals surface area contributed by atoms with Crippen LogP contribution in [0, 0.1) is 11.8 Å². The van der Waals surface area contributed by atoms with Gasteiger partial charge in [0.25, 0.3) is 0 Å². The Morgan fingerprint density at radius 2 is 2.05 bits per heavy atom. The van der Waals surface area contributed by atoms with Gasteiger partial charge in [0.2, 0.25) is 5.91 Å². The first-order valence-electron chi connectivity index (χ1n) is 7.58. The van der Waals surface area contributed by atoms with Crippen molar-refractivity contribution < 1.29 is 9.90 Å². The Balaban J connectivity index is 1.94. The van der Waals surface area contributed by atoms with Gasteiger partial charge in [0.05, 0.1) is 12.6 Å². The zero-order valence-corrected chi connectivity index (χ0v) is 12.4. The Morgan fingerprint density at radius 1 is 1.35 bits per heavy atom. The van der Waals surface area contributed by atoms with E-state index in [9.17, 15) is 9.90 Å². The van der Waals surface area contributed by atoms with Crippen LogP contribution in [0.15, 0.2) is 24.3 Å². The molecule has 0 heterocycles. The van der Waals surface area contributed by atoms with Gasteiger partial charge in [-0.1, -0.05) is 38.1 Å². The van der Waals surface area contributed by atoms with Crippen molar-refractivity contribution >= 4 is 5.91 Å². The minimum absolute atomic E-state index is 0.0211. The van der Waals surface area contributed by atoms with Gasteiger partial charge in [-0.3, -0.25) is 4.79 Å². The van der Waals surface area contributed by atoms with Crippen molar-refractivity contribution in [2.45, 2.75) is 45.6 Å². The number of carbonyl (C=O) groups excluding carboxylic acids is 1. The highest BCUT2D eigenvalue weighted by Gasteiger charge is 2.26. The maximum atomic E-state index is 12.3. The second-order valence-corrected chi connectivity index (χ2v) is 6.23. The molecule has 2 unspecified atom stereocenters. The molecule has 20 heavy (non-hydrogen) atoms. The number of aliphatic hydroxyl groups is 1. The lowest BCUT2D eigenvalue weighted by molar-refractivity contribution is -0.126. The molecule has 3 nitrogen and oxygen atoms in total. The third kappa shape index (κ3) is 3.83. The number of fused-ring (bicyclic) bond motifs is 1. The second kappa shape index (κ2) is 6.89. The predicted molar refractivity (Wildman–Crippen MR) is 80.4 cm³/mol. The summed E-state index contributed by atoms with van der Waals surface area (Å²) in [5.74, 6) is 0.616. The van der Waals surface area contributed by atoms with Crippen LogP contribution in [0.4, 0.5) is 0 Å². The van der Waals surface area contributed by atoms with E-state index in [-0.39, 0.29) is 24.5 Å². The molecule has 0 saturated heterocycles. The largest absolute Gasteiger partial charge is 0.394 e. The molecule has 2 N–H and O–H groups in total. The Hall–Kier alpha value is -1.35. The van der Waals surface area contributed by atoms with Crippen LogP contribution in [0.3, 0.4) is 0 Å². The van der Waals surface area contributed by atoms with Crippen molar-refractivity contribution in [1.29, 1.82) is 0 Å². The summed E-state index contributed by atoms with van der Waals surface area (Å²) in [6, 6.07) is 8.25. The molecule has 0 bridgehead atoms. The number of aryl methyl sites for hydroxylation is 1. The van der Waals surface area contributed by atoms with Crippen molar-refractivity contribution in [3.8, 4) is 0 Å². The molecule has 3 heteroatoms. The van der Waals surface area contributed by atoms with Gasteiger partial charge >= 0.3 is 0 Å². The summed E-state index contributed by atoms with van der Waals surface area (Å²) >= 11 is 0. The molecular formula is C17H25NO2. The quantitative estimate of drug-likeness (QED) is 0.866. The van der Waals surface area contributed by atoms with Crippen molar-refractivity contribution in [2.75, 3.05) is 6.61 Å². The summed E-state index contributed by atoms with van der Waals surface area (Å²) < 4.78 is 0. The van der Waals surface area contributed by atoms with Crippen LogP contribution in [0.2, 0.25) is 0 Å². The molecule has 1 aromatic carbocycles. The highest BCUT2D eigenvalue weighted by Crippen LogP contribution is 2.25. The molecule has 1 aliphatic rings. The molecule has 2 atom stereocenters. The van der Waals surface area contributed by atoms with Gasteiger partial charge < -0.3 is 10.4 Å². The lowest BCUT2D eigenvalue weighted by Crippen LogP contribution is -2.43. The summed E-state index contributed by atoms with van der Waals surface area (Å²) in [5.41, 5.74) is 2.67. The Kier molecular flexibility index (Phi) is 5.18. The Morgan fingerprint density at radius 3 is 2.70 bits per heavy atom. The molecule has 0 saturated carbocycles. The lowest BCUT2D eigenvalue weighted by Gasteiger charge is -2.26. The van der Waals surface area contributed by atoms with E-state index in [2.05, 4.69) is 37.4 Å². The number of hydrogen-bond acceptors (Lipinski definition) is 2. The molecule has 0 aromatic heterocycles. The van der Waals surface area contributed by atoms with Gasteiger partial charge in [-0.25, -0.2) is 0 Å². The maximum absolute atomic E-state index is 12.3. The maximum Gasteiger partial charge on any atom is 0.223 e. The van der Waals surface area contributed by atoms with Crippen LogP contribution in [0.5, 0.6) is 0 Å². The van der Waals surface area contributed by atoms with Gasteiger partial charge in [-0.2, -0.15) is 0 Å². The summed E-state index contributed by atoms with van der Waals surface area (Å²) in [6.07, 6.45) is 3.53. The normalized spacial score (nSPS) is 19.5. The molecule has 0 fully saturated rings. The minimum Gasteiger partial charge on any atom is -0.394 e. The molecule has 110 valence electrons. The number of nitrogens with one attached hydrogen (secondary N) is 1.